The normalized spacial score (nSPS) is 21.8. The van der Waals surface area contributed by atoms with Crippen molar-refractivity contribution in [1.29, 1.82) is 0 Å². The van der Waals surface area contributed by atoms with Crippen LogP contribution >= 0.6 is 11.6 Å². The molecule has 2 atom stereocenters. The van der Waals surface area contributed by atoms with E-state index in [1.165, 1.54) is 0 Å². The lowest BCUT2D eigenvalue weighted by Gasteiger charge is -2.37. The Morgan fingerprint density at radius 2 is 2.00 bits per heavy atom. The van der Waals surface area contributed by atoms with Gasteiger partial charge in [-0.15, -0.1) is 0 Å². The predicted octanol–water partition coefficient (Wildman–Crippen LogP) is 3.96. The summed E-state index contributed by atoms with van der Waals surface area (Å²) in [5.74, 6) is 1.48. The predicted molar refractivity (Wildman–Crippen MR) is 82.4 cm³/mol. The molecule has 4 nitrogen and oxygen atoms in total. The molecule has 0 aromatic heterocycles. The molecule has 2 aliphatic rings. The average molecular weight is 316 g/mol. The molecule has 2 aliphatic heterocycles. The van der Waals surface area contributed by atoms with Crippen LogP contribution in [0.5, 0.6) is 11.5 Å². The van der Waals surface area contributed by atoms with Gasteiger partial charge in [-0.3, -0.25) is 9.69 Å². The number of hydrogen-bond acceptors (Lipinski definition) is 3. The molecule has 4 rings (SSSR count). The van der Waals surface area contributed by atoms with E-state index in [1.807, 2.05) is 31.2 Å². The van der Waals surface area contributed by atoms with Gasteiger partial charge in [0.2, 0.25) is 6.23 Å². The molecule has 22 heavy (non-hydrogen) atoms. The number of carbonyl (C=O) groups is 1. The molecule has 2 aromatic rings. The average Bonchev–Trinajstić information content (AvgIpc) is 2.80. The highest BCUT2D eigenvalue weighted by molar-refractivity contribution is 6.31. The van der Waals surface area contributed by atoms with Gasteiger partial charge in [-0.2, -0.15) is 0 Å². The smallest absolute Gasteiger partial charge is 0.258 e. The van der Waals surface area contributed by atoms with Gasteiger partial charge in [0.05, 0.1) is 18.7 Å². The zero-order valence-electron chi connectivity index (χ0n) is 12.2. The van der Waals surface area contributed by atoms with E-state index in [0.29, 0.717) is 10.6 Å². The van der Waals surface area contributed by atoms with Gasteiger partial charge in [0.1, 0.15) is 11.5 Å². The Morgan fingerprint density at radius 3 is 2.77 bits per heavy atom. The number of fused-ring (bicyclic) bond motifs is 4. The van der Waals surface area contributed by atoms with Crippen molar-refractivity contribution in [2.24, 2.45) is 0 Å². The van der Waals surface area contributed by atoms with Gasteiger partial charge >= 0.3 is 0 Å². The quantitative estimate of drug-likeness (QED) is 0.799. The minimum atomic E-state index is -0.393. The minimum absolute atomic E-state index is 0.0523. The number of halogens is 1. The molecule has 2 heterocycles. The lowest BCUT2D eigenvalue weighted by molar-refractivity contribution is -0.00192. The van der Waals surface area contributed by atoms with Crippen molar-refractivity contribution < 1.29 is 14.3 Å². The highest BCUT2D eigenvalue weighted by Crippen LogP contribution is 2.48. The maximum Gasteiger partial charge on any atom is 0.258 e. The van der Waals surface area contributed by atoms with Crippen LogP contribution in [0.15, 0.2) is 36.4 Å². The van der Waals surface area contributed by atoms with E-state index in [-0.39, 0.29) is 11.9 Å². The first-order chi connectivity index (χ1) is 10.6. The van der Waals surface area contributed by atoms with Crippen LogP contribution in [0.3, 0.4) is 0 Å². The third kappa shape index (κ3) is 1.74. The summed E-state index contributed by atoms with van der Waals surface area (Å²) in [7, 11) is 1.62. The number of hydrogen-bond donors (Lipinski definition) is 0. The highest BCUT2D eigenvalue weighted by Gasteiger charge is 2.45. The molecule has 0 fully saturated rings. The fourth-order valence-electron chi connectivity index (χ4n) is 3.18. The Kier molecular flexibility index (Phi) is 2.84. The molecular formula is C17H14ClNO3. The van der Waals surface area contributed by atoms with Crippen molar-refractivity contribution in [2.75, 3.05) is 7.11 Å². The first kappa shape index (κ1) is 13.5. The van der Waals surface area contributed by atoms with Gasteiger partial charge in [-0.25, -0.2) is 0 Å². The van der Waals surface area contributed by atoms with E-state index in [0.717, 1.165) is 22.6 Å². The maximum atomic E-state index is 12.7. The summed E-state index contributed by atoms with van der Waals surface area (Å²) in [5, 5.41) is 0.554. The molecule has 112 valence electrons. The topological polar surface area (TPSA) is 38.8 Å². The van der Waals surface area contributed by atoms with Gasteiger partial charge in [0, 0.05) is 16.1 Å². The van der Waals surface area contributed by atoms with Gasteiger partial charge in [-0.1, -0.05) is 17.7 Å². The molecule has 0 aliphatic carbocycles. The Balaban J connectivity index is 1.84. The summed E-state index contributed by atoms with van der Waals surface area (Å²) >= 11 is 6.02. The number of benzene rings is 2. The molecular weight excluding hydrogens is 302 g/mol. The van der Waals surface area contributed by atoms with E-state index in [4.69, 9.17) is 21.1 Å². The van der Waals surface area contributed by atoms with Crippen molar-refractivity contribution in [2.45, 2.75) is 19.2 Å². The van der Waals surface area contributed by atoms with Gasteiger partial charge in [0.15, 0.2) is 0 Å². The van der Waals surface area contributed by atoms with E-state index in [1.54, 1.807) is 24.1 Å². The number of ether oxygens (including phenoxy) is 2. The molecule has 0 radical (unpaired) electrons. The van der Waals surface area contributed by atoms with Crippen molar-refractivity contribution in [3.63, 3.8) is 0 Å². The van der Waals surface area contributed by atoms with Crippen LogP contribution < -0.4 is 9.47 Å². The fourth-order valence-corrected chi connectivity index (χ4v) is 3.35. The van der Waals surface area contributed by atoms with Gasteiger partial charge in [0.25, 0.3) is 5.91 Å². The van der Waals surface area contributed by atoms with Gasteiger partial charge in [-0.05, 0) is 37.3 Å². The first-order valence-corrected chi connectivity index (χ1v) is 7.44. The van der Waals surface area contributed by atoms with Crippen molar-refractivity contribution >= 4 is 17.5 Å². The van der Waals surface area contributed by atoms with Crippen LogP contribution in [0.4, 0.5) is 0 Å². The largest absolute Gasteiger partial charge is 0.497 e. The zero-order valence-corrected chi connectivity index (χ0v) is 12.9. The zero-order chi connectivity index (χ0) is 15.4. The minimum Gasteiger partial charge on any atom is -0.497 e. The second-order valence-corrected chi connectivity index (χ2v) is 5.93. The van der Waals surface area contributed by atoms with Gasteiger partial charge < -0.3 is 9.47 Å². The Labute approximate surface area is 133 Å². The number of amides is 1. The summed E-state index contributed by atoms with van der Waals surface area (Å²) in [6, 6.07) is 10.9. The standard InChI is InChI=1S/C17H14ClNO3/c1-9-13-8-11(21-2)4-6-15(13)22-17-12-5-3-10(18)7-14(12)16(20)19(9)17/h3-9,17H,1-2H3/t9-,17-/m1/s1. The summed E-state index contributed by atoms with van der Waals surface area (Å²) in [4.78, 5) is 14.5. The SMILES string of the molecule is COc1ccc2c(c1)[C@@H](C)N1C(=O)c3cc(Cl)ccc3[C@H]1O2. The second-order valence-electron chi connectivity index (χ2n) is 5.49. The van der Waals surface area contributed by atoms with E-state index in [9.17, 15) is 4.79 Å². The molecule has 0 bridgehead atoms. The molecule has 2 aromatic carbocycles. The molecule has 0 saturated carbocycles. The van der Waals surface area contributed by atoms with Crippen LogP contribution in [0.25, 0.3) is 0 Å². The molecule has 0 saturated heterocycles. The summed E-state index contributed by atoms with van der Waals surface area (Å²) in [5.41, 5.74) is 2.43. The van der Waals surface area contributed by atoms with E-state index in [2.05, 4.69) is 0 Å². The molecule has 0 unspecified atom stereocenters. The summed E-state index contributed by atoms with van der Waals surface area (Å²) in [6.07, 6.45) is -0.393. The van der Waals surface area contributed by atoms with Crippen LogP contribution in [0, 0.1) is 0 Å². The number of carbonyl (C=O) groups excluding carboxylic acids is 1. The molecule has 1 amide bonds. The fraction of sp³-hybridized carbons (Fsp3) is 0.235. The van der Waals surface area contributed by atoms with Crippen molar-refractivity contribution in [1.82, 2.24) is 4.90 Å². The monoisotopic (exact) mass is 315 g/mol. The number of nitrogens with zero attached hydrogens (tertiary/aromatic N) is 1. The first-order valence-electron chi connectivity index (χ1n) is 7.07. The van der Waals surface area contributed by atoms with Crippen molar-refractivity contribution in [3.05, 3.63) is 58.1 Å². The third-order valence-electron chi connectivity index (χ3n) is 4.32. The van der Waals surface area contributed by atoms with Crippen LogP contribution in [0.2, 0.25) is 5.02 Å². The lowest BCUT2D eigenvalue weighted by Crippen LogP contribution is -2.37. The van der Waals surface area contributed by atoms with Crippen LogP contribution in [-0.2, 0) is 0 Å². The van der Waals surface area contributed by atoms with Crippen LogP contribution in [-0.4, -0.2) is 17.9 Å². The summed E-state index contributed by atoms with van der Waals surface area (Å²) < 4.78 is 11.3. The number of methoxy groups -OCH3 is 1. The van der Waals surface area contributed by atoms with E-state index < -0.39 is 6.23 Å². The summed E-state index contributed by atoms with van der Waals surface area (Å²) in [6.45, 7) is 2.00. The molecule has 5 heteroatoms. The Morgan fingerprint density at radius 1 is 1.18 bits per heavy atom. The Bertz CT molecular complexity index is 789. The lowest BCUT2D eigenvalue weighted by atomic mass is 10.0. The van der Waals surface area contributed by atoms with Crippen molar-refractivity contribution in [3.8, 4) is 11.5 Å². The van der Waals surface area contributed by atoms with Crippen LogP contribution in [0.1, 0.15) is 40.7 Å². The molecule has 0 N–H and O–H groups in total. The Hall–Kier alpha value is -2.20. The highest BCUT2D eigenvalue weighted by atomic mass is 35.5. The maximum absolute atomic E-state index is 12.7. The van der Waals surface area contributed by atoms with E-state index >= 15 is 0 Å². The molecule has 0 spiro atoms. The third-order valence-corrected chi connectivity index (χ3v) is 4.56. The number of rotatable bonds is 1. The second kappa shape index (κ2) is 4.65.